The summed E-state index contributed by atoms with van der Waals surface area (Å²) in [6, 6.07) is 0. The average molecular weight is 257 g/mol. The molecule has 0 aromatic carbocycles. The van der Waals surface area contributed by atoms with Gasteiger partial charge in [0.05, 0.1) is 6.10 Å². The predicted octanol–water partition coefficient (Wildman–Crippen LogP) is 1.64. The van der Waals surface area contributed by atoms with Crippen LogP contribution in [-0.4, -0.2) is 33.2 Å². The van der Waals surface area contributed by atoms with Gasteiger partial charge in [-0.3, -0.25) is 4.57 Å². The van der Waals surface area contributed by atoms with Crippen molar-refractivity contribution in [2.45, 2.75) is 50.4 Å². The average Bonchev–Trinajstić information content (AvgIpc) is 2.70. The van der Waals surface area contributed by atoms with E-state index in [1.54, 1.807) is 16.3 Å². The van der Waals surface area contributed by atoms with E-state index in [4.69, 9.17) is 4.74 Å². The van der Waals surface area contributed by atoms with Crippen molar-refractivity contribution >= 4 is 11.8 Å². The molecule has 1 N–H and O–H groups in total. The number of hydrogen-bond donors (Lipinski definition) is 1. The standard InChI is InChI=1S/C11H19N3O2S/c1-2-6-14-10(15)12-13-11(14)17-8-9-5-3-4-7-16-9/h9H,2-8H2,1H3,(H,12,15). The zero-order chi connectivity index (χ0) is 12.1. The van der Waals surface area contributed by atoms with Gasteiger partial charge in [0.1, 0.15) is 0 Å². The molecule has 1 aliphatic rings. The van der Waals surface area contributed by atoms with E-state index in [-0.39, 0.29) is 5.69 Å². The normalized spacial score (nSPS) is 20.6. The van der Waals surface area contributed by atoms with Gasteiger partial charge in [-0.1, -0.05) is 18.7 Å². The maximum absolute atomic E-state index is 11.5. The van der Waals surface area contributed by atoms with Gasteiger partial charge in [0, 0.05) is 18.9 Å². The molecular weight excluding hydrogens is 238 g/mol. The van der Waals surface area contributed by atoms with Crippen molar-refractivity contribution in [1.29, 1.82) is 0 Å². The highest BCUT2D eigenvalue weighted by Crippen LogP contribution is 2.21. The molecule has 96 valence electrons. The first-order valence-electron chi connectivity index (χ1n) is 6.21. The fourth-order valence-corrected chi connectivity index (χ4v) is 2.98. The number of aromatic amines is 1. The summed E-state index contributed by atoms with van der Waals surface area (Å²) in [5.41, 5.74) is -0.112. The molecule has 1 fully saturated rings. The van der Waals surface area contributed by atoms with Crippen LogP contribution in [-0.2, 0) is 11.3 Å². The summed E-state index contributed by atoms with van der Waals surface area (Å²) >= 11 is 1.61. The van der Waals surface area contributed by atoms with Gasteiger partial charge >= 0.3 is 5.69 Å². The Balaban J connectivity index is 1.91. The third-order valence-electron chi connectivity index (χ3n) is 2.84. The van der Waals surface area contributed by atoms with E-state index in [9.17, 15) is 4.79 Å². The van der Waals surface area contributed by atoms with Crippen molar-refractivity contribution in [3.8, 4) is 0 Å². The largest absolute Gasteiger partial charge is 0.377 e. The van der Waals surface area contributed by atoms with Crippen molar-refractivity contribution in [2.75, 3.05) is 12.4 Å². The van der Waals surface area contributed by atoms with Crippen LogP contribution in [0.4, 0.5) is 0 Å². The second kappa shape index (κ2) is 6.26. The molecule has 1 aromatic rings. The number of thioether (sulfide) groups is 1. The molecule has 0 amide bonds. The first-order valence-corrected chi connectivity index (χ1v) is 7.19. The fourth-order valence-electron chi connectivity index (χ4n) is 1.94. The van der Waals surface area contributed by atoms with Crippen LogP contribution in [0.15, 0.2) is 9.95 Å². The Kier molecular flexibility index (Phi) is 4.67. The SMILES string of the molecule is CCCn1c(SCC2CCCCO2)n[nH]c1=O. The van der Waals surface area contributed by atoms with Crippen molar-refractivity contribution in [3.05, 3.63) is 10.5 Å². The number of nitrogens with one attached hydrogen (secondary N) is 1. The smallest absolute Gasteiger partial charge is 0.343 e. The Labute approximate surface area is 105 Å². The molecule has 5 nitrogen and oxygen atoms in total. The van der Waals surface area contributed by atoms with Crippen molar-refractivity contribution in [1.82, 2.24) is 14.8 Å². The Morgan fingerprint density at radius 1 is 1.59 bits per heavy atom. The lowest BCUT2D eigenvalue weighted by Crippen LogP contribution is -2.22. The number of aromatic nitrogens is 3. The highest BCUT2D eigenvalue weighted by Gasteiger charge is 2.16. The molecule has 0 bridgehead atoms. The Morgan fingerprint density at radius 3 is 3.18 bits per heavy atom. The molecule has 6 heteroatoms. The minimum atomic E-state index is -0.112. The maximum atomic E-state index is 11.5. The van der Waals surface area contributed by atoms with E-state index in [1.165, 1.54) is 12.8 Å². The molecule has 1 atom stereocenters. The molecule has 2 heterocycles. The lowest BCUT2D eigenvalue weighted by atomic mass is 10.1. The minimum absolute atomic E-state index is 0.112. The summed E-state index contributed by atoms with van der Waals surface area (Å²) in [5, 5.41) is 7.34. The molecule has 1 unspecified atom stereocenters. The van der Waals surface area contributed by atoms with Gasteiger partial charge in [-0.2, -0.15) is 0 Å². The molecule has 0 radical (unpaired) electrons. The topological polar surface area (TPSA) is 59.9 Å². The quantitative estimate of drug-likeness (QED) is 0.815. The van der Waals surface area contributed by atoms with Gasteiger partial charge in [0.15, 0.2) is 5.16 Å². The van der Waals surface area contributed by atoms with Gasteiger partial charge < -0.3 is 4.74 Å². The highest BCUT2D eigenvalue weighted by molar-refractivity contribution is 7.99. The van der Waals surface area contributed by atoms with Crippen LogP contribution in [0.3, 0.4) is 0 Å². The van der Waals surface area contributed by atoms with E-state index in [0.717, 1.165) is 36.9 Å². The lowest BCUT2D eigenvalue weighted by Gasteiger charge is -2.21. The molecular formula is C11H19N3O2S. The third kappa shape index (κ3) is 3.35. The van der Waals surface area contributed by atoms with E-state index < -0.39 is 0 Å². The molecule has 0 saturated carbocycles. The van der Waals surface area contributed by atoms with E-state index in [0.29, 0.717) is 6.10 Å². The van der Waals surface area contributed by atoms with Gasteiger partial charge in [-0.15, -0.1) is 5.10 Å². The molecule has 1 aromatic heterocycles. The van der Waals surface area contributed by atoms with E-state index >= 15 is 0 Å². The highest BCUT2D eigenvalue weighted by atomic mass is 32.2. The number of ether oxygens (including phenoxy) is 1. The number of nitrogens with zero attached hydrogens (tertiary/aromatic N) is 2. The third-order valence-corrected chi connectivity index (χ3v) is 3.95. The molecule has 0 aliphatic carbocycles. The molecule has 17 heavy (non-hydrogen) atoms. The van der Waals surface area contributed by atoms with Crippen LogP contribution in [0.5, 0.6) is 0 Å². The van der Waals surface area contributed by atoms with Gasteiger partial charge in [0.2, 0.25) is 0 Å². The monoisotopic (exact) mass is 257 g/mol. The van der Waals surface area contributed by atoms with Crippen LogP contribution in [0.25, 0.3) is 0 Å². The Morgan fingerprint density at radius 2 is 2.47 bits per heavy atom. The van der Waals surface area contributed by atoms with Gasteiger partial charge in [-0.25, -0.2) is 9.89 Å². The maximum Gasteiger partial charge on any atom is 0.343 e. The lowest BCUT2D eigenvalue weighted by molar-refractivity contribution is 0.0315. The van der Waals surface area contributed by atoms with Crippen LogP contribution in [0.2, 0.25) is 0 Å². The van der Waals surface area contributed by atoms with E-state index in [2.05, 4.69) is 17.1 Å². The zero-order valence-electron chi connectivity index (χ0n) is 10.1. The van der Waals surface area contributed by atoms with Crippen molar-refractivity contribution < 1.29 is 4.74 Å². The van der Waals surface area contributed by atoms with Crippen LogP contribution in [0, 0.1) is 0 Å². The van der Waals surface area contributed by atoms with E-state index in [1.807, 2.05) is 0 Å². The fraction of sp³-hybridized carbons (Fsp3) is 0.818. The van der Waals surface area contributed by atoms with Gasteiger partial charge in [0.25, 0.3) is 0 Å². The summed E-state index contributed by atoms with van der Waals surface area (Å²) in [5.74, 6) is 0.883. The minimum Gasteiger partial charge on any atom is -0.377 e. The van der Waals surface area contributed by atoms with Crippen molar-refractivity contribution in [2.24, 2.45) is 0 Å². The summed E-state index contributed by atoms with van der Waals surface area (Å²) in [4.78, 5) is 11.5. The summed E-state index contributed by atoms with van der Waals surface area (Å²) in [7, 11) is 0. The number of hydrogen-bond acceptors (Lipinski definition) is 4. The van der Waals surface area contributed by atoms with Crippen LogP contribution in [0.1, 0.15) is 32.6 Å². The number of H-pyrrole nitrogens is 1. The summed E-state index contributed by atoms with van der Waals surface area (Å²) < 4.78 is 7.36. The Hall–Kier alpha value is -0.750. The van der Waals surface area contributed by atoms with Gasteiger partial charge in [-0.05, 0) is 25.7 Å². The summed E-state index contributed by atoms with van der Waals surface area (Å²) in [6.45, 7) is 3.65. The molecule has 2 rings (SSSR count). The van der Waals surface area contributed by atoms with Crippen molar-refractivity contribution in [3.63, 3.8) is 0 Å². The Bertz CT molecular complexity index is 396. The first-order chi connectivity index (χ1) is 8.31. The second-order valence-electron chi connectivity index (χ2n) is 4.26. The predicted molar refractivity (Wildman–Crippen MR) is 67.5 cm³/mol. The first kappa shape index (κ1) is 12.7. The second-order valence-corrected chi connectivity index (χ2v) is 5.25. The zero-order valence-corrected chi connectivity index (χ0v) is 11.0. The van der Waals surface area contributed by atoms with Crippen LogP contribution < -0.4 is 5.69 Å². The molecule has 1 saturated heterocycles. The molecule has 0 spiro atoms. The summed E-state index contributed by atoms with van der Waals surface area (Å²) in [6.07, 6.45) is 4.79. The van der Waals surface area contributed by atoms with Crippen LogP contribution >= 0.6 is 11.8 Å². The molecule has 1 aliphatic heterocycles. The number of rotatable bonds is 5.